The number of sulfone groups is 1. The number of nitrogens with zero attached hydrogens (tertiary/aromatic N) is 3. The summed E-state index contributed by atoms with van der Waals surface area (Å²) in [4.78, 5) is 11.3. The Hall–Kier alpha value is -4.03. The van der Waals surface area contributed by atoms with E-state index in [0.717, 1.165) is 35.0 Å². The molecule has 0 fully saturated rings. The van der Waals surface area contributed by atoms with Gasteiger partial charge in [-0.3, -0.25) is 23.6 Å². The molecular weight excluding hydrogens is 673 g/mol. The largest absolute Gasteiger partial charge is 0.507 e. The fourth-order valence-electron chi connectivity index (χ4n) is 3.90. The summed E-state index contributed by atoms with van der Waals surface area (Å²) in [7, 11) is -18.6. The molecule has 0 aliphatic carbocycles. The quantitative estimate of drug-likeness (QED) is 0.117. The number of rotatable bonds is 10. The van der Waals surface area contributed by atoms with Crippen molar-refractivity contribution in [3.8, 4) is 11.4 Å². The lowest BCUT2D eigenvalue weighted by atomic mass is 10.1. The van der Waals surface area contributed by atoms with Crippen LogP contribution in [0, 0.1) is 6.92 Å². The van der Waals surface area contributed by atoms with Crippen molar-refractivity contribution >= 4 is 62.6 Å². The summed E-state index contributed by atoms with van der Waals surface area (Å²) < 4.78 is 125. The van der Waals surface area contributed by atoms with E-state index in [1.807, 2.05) is 0 Å². The second-order valence-corrected chi connectivity index (χ2v) is 15.0. The van der Waals surface area contributed by atoms with Gasteiger partial charge in [-0.1, -0.05) is 0 Å². The molecular formula is C22H20N4O14S4. The Morgan fingerprint density at radius 3 is 1.93 bits per heavy atom. The molecule has 1 heterocycles. The number of phenols is 1. The van der Waals surface area contributed by atoms with Gasteiger partial charge in [-0.05, 0) is 54.8 Å². The SMILES string of the molecule is Cc1[nH]n(-c2ccc(S(=O)(=O)CCOS(=O)(=O)O)cc2)c(=O)c1N=Nc1cc(S(=O)(=O)O)cc2cc(S(=O)(=O)O)cc(O)c12. The van der Waals surface area contributed by atoms with Crippen LogP contribution in [-0.2, 0) is 44.7 Å². The Morgan fingerprint density at radius 2 is 1.39 bits per heavy atom. The van der Waals surface area contributed by atoms with Crippen LogP contribution < -0.4 is 5.56 Å². The first-order chi connectivity index (χ1) is 20.2. The van der Waals surface area contributed by atoms with E-state index in [0.29, 0.717) is 6.07 Å². The minimum absolute atomic E-state index is 0.127. The highest BCUT2D eigenvalue weighted by Crippen LogP contribution is 2.38. The van der Waals surface area contributed by atoms with Crippen molar-refractivity contribution in [1.29, 1.82) is 0 Å². The lowest BCUT2D eigenvalue weighted by Gasteiger charge is -2.08. The van der Waals surface area contributed by atoms with Crippen LogP contribution in [0.25, 0.3) is 16.5 Å². The number of phenolic OH excluding ortho intramolecular Hbond substituents is 1. The topological polar surface area (TPSA) is 289 Å². The molecule has 0 aliphatic heterocycles. The van der Waals surface area contributed by atoms with Crippen LogP contribution >= 0.6 is 0 Å². The molecule has 3 aromatic carbocycles. The fraction of sp³-hybridized carbons (Fsp3) is 0.136. The molecule has 0 saturated carbocycles. The lowest BCUT2D eigenvalue weighted by molar-refractivity contribution is 0.284. The van der Waals surface area contributed by atoms with Crippen LogP contribution in [0.3, 0.4) is 0 Å². The van der Waals surface area contributed by atoms with Gasteiger partial charge in [0.2, 0.25) is 0 Å². The Bertz CT molecular complexity index is 2320. The summed E-state index contributed by atoms with van der Waals surface area (Å²) in [6, 6.07) is 7.83. The first-order valence-electron chi connectivity index (χ1n) is 11.6. The highest BCUT2D eigenvalue weighted by molar-refractivity contribution is 7.91. The number of aromatic hydroxyl groups is 1. The smallest absolute Gasteiger partial charge is 0.397 e. The normalized spacial score (nSPS) is 13.2. The Labute approximate surface area is 248 Å². The summed E-state index contributed by atoms with van der Waals surface area (Å²) in [6.07, 6.45) is 0. The minimum atomic E-state index is -4.89. The Morgan fingerprint density at radius 1 is 0.818 bits per heavy atom. The summed E-state index contributed by atoms with van der Waals surface area (Å²) >= 11 is 0. The van der Waals surface area contributed by atoms with Crippen LogP contribution in [-0.4, -0.2) is 74.6 Å². The zero-order chi connectivity index (χ0) is 32.8. The van der Waals surface area contributed by atoms with E-state index in [4.69, 9.17) is 4.55 Å². The molecule has 0 aliphatic rings. The number of azo groups is 1. The Kier molecular flexibility index (Phi) is 8.57. The number of fused-ring (bicyclic) bond motifs is 1. The summed E-state index contributed by atoms with van der Waals surface area (Å²) in [5.41, 5.74) is -1.28. The third-order valence-electron chi connectivity index (χ3n) is 5.89. The minimum Gasteiger partial charge on any atom is -0.507 e. The van der Waals surface area contributed by atoms with Gasteiger partial charge in [0.1, 0.15) is 5.75 Å². The third-order valence-corrected chi connectivity index (χ3v) is 9.71. The van der Waals surface area contributed by atoms with Gasteiger partial charge in [0.25, 0.3) is 25.8 Å². The predicted octanol–water partition coefficient (Wildman–Crippen LogP) is 1.83. The molecule has 1 aromatic heterocycles. The number of H-pyrrole nitrogens is 1. The number of hydrogen-bond acceptors (Lipinski definition) is 13. The molecule has 0 amide bonds. The zero-order valence-electron chi connectivity index (χ0n) is 21.9. The van der Waals surface area contributed by atoms with Crippen molar-refractivity contribution in [2.75, 3.05) is 12.4 Å². The van der Waals surface area contributed by atoms with E-state index in [1.165, 1.54) is 19.1 Å². The molecule has 4 rings (SSSR count). The molecule has 4 aromatic rings. The van der Waals surface area contributed by atoms with Crippen molar-refractivity contribution in [2.45, 2.75) is 21.6 Å². The van der Waals surface area contributed by atoms with Gasteiger partial charge in [0.05, 0.1) is 49.5 Å². The third kappa shape index (κ3) is 7.19. The van der Waals surface area contributed by atoms with Gasteiger partial charge < -0.3 is 5.11 Å². The van der Waals surface area contributed by atoms with Gasteiger partial charge >= 0.3 is 10.4 Å². The van der Waals surface area contributed by atoms with E-state index in [-0.39, 0.29) is 32.7 Å². The number of benzene rings is 3. The van der Waals surface area contributed by atoms with E-state index < -0.39 is 79.6 Å². The second kappa shape index (κ2) is 11.5. The zero-order valence-corrected chi connectivity index (χ0v) is 25.1. The van der Waals surface area contributed by atoms with Crippen LogP contribution in [0.15, 0.2) is 78.2 Å². The molecule has 0 bridgehead atoms. The van der Waals surface area contributed by atoms with E-state index >= 15 is 0 Å². The van der Waals surface area contributed by atoms with Gasteiger partial charge in [0, 0.05) is 6.07 Å². The molecule has 0 atom stereocenters. The van der Waals surface area contributed by atoms with E-state index in [2.05, 4.69) is 19.5 Å². The first-order valence-corrected chi connectivity index (χ1v) is 17.5. The van der Waals surface area contributed by atoms with Gasteiger partial charge in [-0.25, -0.2) is 17.3 Å². The van der Waals surface area contributed by atoms with Crippen molar-refractivity contribution in [3.63, 3.8) is 0 Å². The molecule has 44 heavy (non-hydrogen) atoms. The highest BCUT2D eigenvalue weighted by Gasteiger charge is 2.21. The van der Waals surface area contributed by atoms with Gasteiger partial charge in [-0.15, -0.1) is 10.2 Å². The summed E-state index contributed by atoms with van der Waals surface area (Å²) in [5, 5.41) is 20.3. The number of nitrogens with one attached hydrogen (secondary N) is 1. The maximum Gasteiger partial charge on any atom is 0.397 e. The van der Waals surface area contributed by atoms with Crippen molar-refractivity contribution in [1.82, 2.24) is 9.78 Å². The fourth-order valence-corrected chi connectivity index (χ4v) is 6.47. The highest BCUT2D eigenvalue weighted by atomic mass is 32.3. The van der Waals surface area contributed by atoms with Gasteiger partial charge in [-0.2, -0.15) is 25.3 Å². The molecule has 18 nitrogen and oxygen atoms in total. The number of aromatic nitrogens is 2. The van der Waals surface area contributed by atoms with E-state index in [9.17, 15) is 52.7 Å². The van der Waals surface area contributed by atoms with Crippen molar-refractivity contribution in [3.05, 3.63) is 64.6 Å². The molecule has 236 valence electrons. The van der Waals surface area contributed by atoms with Crippen LogP contribution in [0.1, 0.15) is 5.69 Å². The molecule has 0 radical (unpaired) electrons. The second-order valence-electron chi connectivity index (χ2n) is 8.92. The molecule has 22 heteroatoms. The van der Waals surface area contributed by atoms with Crippen molar-refractivity contribution in [2.24, 2.45) is 10.2 Å². The number of aryl methyl sites for hydroxylation is 1. The Balaban J connectivity index is 1.73. The average molecular weight is 693 g/mol. The monoisotopic (exact) mass is 692 g/mol. The van der Waals surface area contributed by atoms with Crippen LogP contribution in [0.5, 0.6) is 5.75 Å². The van der Waals surface area contributed by atoms with Crippen molar-refractivity contribution < 1.29 is 56.6 Å². The lowest BCUT2D eigenvalue weighted by Crippen LogP contribution is -2.16. The molecule has 5 N–H and O–H groups in total. The molecule has 0 spiro atoms. The predicted molar refractivity (Wildman–Crippen MR) is 150 cm³/mol. The molecule has 0 saturated heterocycles. The maximum atomic E-state index is 13.1. The number of aromatic amines is 1. The van der Waals surface area contributed by atoms with E-state index in [1.54, 1.807) is 0 Å². The number of hydrogen-bond donors (Lipinski definition) is 5. The van der Waals surface area contributed by atoms with Crippen LogP contribution in [0.4, 0.5) is 11.4 Å². The summed E-state index contributed by atoms with van der Waals surface area (Å²) in [5.74, 6) is -1.54. The average Bonchev–Trinajstić information content (AvgIpc) is 3.17. The standard InChI is InChI=1S/C22H20N4O14S4/c1-12-21(22(28)26(25-12)14-2-4-15(5-3-14)41(29,30)7-6-40-44(37,38)39)24-23-18-10-16(42(31,32)33)8-13-9-17(43(34,35)36)11-19(27)20(13)18/h2-5,8-11,25,27H,6-7H2,1H3,(H,31,32,33)(H,34,35,36)(H,37,38,39). The maximum absolute atomic E-state index is 13.1. The summed E-state index contributed by atoms with van der Waals surface area (Å²) in [6.45, 7) is 0.581. The molecule has 0 unspecified atom stereocenters. The van der Waals surface area contributed by atoms with Crippen LogP contribution in [0.2, 0.25) is 0 Å². The van der Waals surface area contributed by atoms with Gasteiger partial charge in [0.15, 0.2) is 15.5 Å². The first kappa shape index (κ1) is 32.9.